The zero-order valence-electron chi connectivity index (χ0n) is 11.4. The first-order valence-electron chi connectivity index (χ1n) is 6.75. The number of hydrogen-bond donors (Lipinski definition) is 1. The fraction of sp³-hybridized carbons (Fsp3) is 0.500. The van der Waals surface area contributed by atoms with E-state index in [0.717, 1.165) is 31.0 Å². The van der Waals surface area contributed by atoms with E-state index in [0.29, 0.717) is 11.6 Å². The quantitative estimate of drug-likeness (QED) is 0.481. The number of carbonyl (C=O) groups excluding carboxylic acids is 1. The molecule has 7 heteroatoms. The molecule has 0 bridgehead atoms. The summed E-state index contributed by atoms with van der Waals surface area (Å²) in [6, 6.07) is 4.00. The Balaban J connectivity index is 2.13. The second kappa shape index (κ2) is 6.75. The van der Waals surface area contributed by atoms with Gasteiger partial charge in [0.15, 0.2) is 0 Å². The summed E-state index contributed by atoms with van der Waals surface area (Å²) >= 11 is 9.35. The number of rotatable bonds is 5. The minimum absolute atomic E-state index is 0.00946. The normalized spacial score (nSPS) is 16.7. The van der Waals surface area contributed by atoms with E-state index in [9.17, 15) is 14.9 Å². The number of amides is 1. The number of alkyl halides is 1. The van der Waals surface area contributed by atoms with E-state index in [4.69, 9.17) is 11.6 Å². The Morgan fingerprint density at radius 2 is 2.10 bits per heavy atom. The molecule has 1 aromatic carbocycles. The summed E-state index contributed by atoms with van der Waals surface area (Å²) in [4.78, 5) is 22.7. The maximum Gasteiger partial charge on any atom is 0.282 e. The molecule has 2 rings (SSSR count). The fourth-order valence-corrected chi connectivity index (χ4v) is 3.63. The molecule has 0 spiro atoms. The molecule has 0 radical (unpaired) electrons. The minimum Gasteiger partial charge on any atom is -0.351 e. The van der Waals surface area contributed by atoms with Gasteiger partial charge in [0.25, 0.3) is 11.6 Å². The second-order valence-corrected chi connectivity index (χ2v) is 6.44. The van der Waals surface area contributed by atoms with Crippen molar-refractivity contribution in [2.24, 2.45) is 5.41 Å². The van der Waals surface area contributed by atoms with Crippen molar-refractivity contribution in [3.63, 3.8) is 0 Å². The fourth-order valence-electron chi connectivity index (χ4n) is 2.69. The Hall–Kier alpha value is -1.14. The number of hydrogen-bond acceptors (Lipinski definition) is 3. The van der Waals surface area contributed by atoms with Crippen molar-refractivity contribution in [3.05, 3.63) is 38.9 Å². The molecule has 0 atom stereocenters. The highest BCUT2D eigenvalue weighted by atomic mass is 79.9. The summed E-state index contributed by atoms with van der Waals surface area (Å²) in [5, 5.41) is 14.9. The lowest BCUT2D eigenvalue weighted by molar-refractivity contribution is -0.385. The molecule has 1 aliphatic carbocycles. The van der Waals surface area contributed by atoms with Crippen LogP contribution in [0.4, 0.5) is 5.69 Å². The van der Waals surface area contributed by atoms with Crippen molar-refractivity contribution in [3.8, 4) is 0 Å². The Morgan fingerprint density at radius 1 is 1.43 bits per heavy atom. The van der Waals surface area contributed by atoms with Crippen LogP contribution >= 0.6 is 27.5 Å². The maximum atomic E-state index is 12.2. The molecule has 0 aliphatic heterocycles. The summed E-state index contributed by atoms with van der Waals surface area (Å²) in [6.07, 6.45) is 4.41. The molecule has 1 aromatic rings. The predicted octanol–water partition coefficient (Wildman–Crippen LogP) is 3.93. The number of halogens is 2. The molecule has 114 valence electrons. The standard InChI is InChI=1S/C14H16BrClN2O3/c15-8-14(5-1-2-6-14)9-17-13(19)11-7-10(16)3-4-12(11)18(20)21/h3-4,7H,1-2,5-6,8-9H2,(H,17,19). The summed E-state index contributed by atoms with van der Waals surface area (Å²) < 4.78 is 0. The van der Waals surface area contributed by atoms with Crippen molar-refractivity contribution >= 4 is 39.1 Å². The SMILES string of the molecule is O=C(NCC1(CBr)CCCC1)c1cc(Cl)ccc1[N+](=O)[O-]. The summed E-state index contributed by atoms with van der Waals surface area (Å²) in [6.45, 7) is 0.515. The van der Waals surface area contributed by atoms with Gasteiger partial charge in [-0.25, -0.2) is 0 Å². The van der Waals surface area contributed by atoms with Crippen molar-refractivity contribution in [1.82, 2.24) is 5.32 Å². The number of nitrogens with zero attached hydrogens (tertiary/aromatic N) is 1. The average molecular weight is 376 g/mol. The molecular weight excluding hydrogens is 360 g/mol. The van der Waals surface area contributed by atoms with Crippen LogP contribution in [-0.4, -0.2) is 22.7 Å². The Kier molecular flexibility index (Phi) is 5.22. The van der Waals surface area contributed by atoms with Gasteiger partial charge in [0, 0.05) is 23.0 Å². The molecule has 5 nitrogen and oxygen atoms in total. The third-order valence-corrected chi connectivity index (χ3v) is 5.40. The zero-order valence-corrected chi connectivity index (χ0v) is 13.7. The monoisotopic (exact) mass is 374 g/mol. The average Bonchev–Trinajstić information content (AvgIpc) is 2.94. The van der Waals surface area contributed by atoms with E-state index < -0.39 is 10.8 Å². The van der Waals surface area contributed by atoms with Crippen molar-refractivity contribution in [2.45, 2.75) is 25.7 Å². The number of benzene rings is 1. The molecule has 1 saturated carbocycles. The Bertz CT molecular complexity index is 559. The summed E-state index contributed by atoms with van der Waals surface area (Å²) in [7, 11) is 0. The maximum absolute atomic E-state index is 12.2. The number of nitro benzene ring substituents is 1. The van der Waals surface area contributed by atoms with Crippen LogP contribution < -0.4 is 5.32 Å². The van der Waals surface area contributed by atoms with E-state index in [1.165, 1.54) is 18.2 Å². The first-order chi connectivity index (χ1) is 9.97. The van der Waals surface area contributed by atoms with E-state index in [1.54, 1.807) is 0 Å². The smallest absolute Gasteiger partial charge is 0.282 e. The van der Waals surface area contributed by atoms with E-state index in [1.807, 2.05) is 0 Å². The third-order valence-electron chi connectivity index (χ3n) is 3.97. The van der Waals surface area contributed by atoms with Crippen LogP contribution in [0, 0.1) is 15.5 Å². The first-order valence-corrected chi connectivity index (χ1v) is 8.25. The van der Waals surface area contributed by atoms with Gasteiger partial charge in [-0.2, -0.15) is 0 Å². The zero-order chi connectivity index (χ0) is 15.5. The van der Waals surface area contributed by atoms with Gasteiger partial charge in [0.05, 0.1) is 4.92 Å². The lowest BCUT2D eigenvalue weighted by Crippen LogP contribution is -2.37. The van der Waals surface area contributed by atoms with Crippen LogP contribution in [0.5, 0.6) is 0 Å². The van der Waals surface area contributed by atoms with Crippen LogP contribution in [0.15, 0.2) is 18.2 Å². The largest absolute Gasteiger partial charge is 0.351 e. The Labute approximate surface area is 136 Å². The lowest BCUT2D eigenvalue weighted by atomic mass is 9.89. The highest BCUT2D eigenvalue weighted by Gasteiger charge is 2.33. The van der Waals surface area contributed by atoms with Gasteiger partial charge in [0.2, 0.25) is 0 Å². The predicted molar refractivity (Wildman–Crippen MR) is 85.1 cm³/mol. The van der Waals surface area contributed by atoms with Crippen molar-refractivity contribution < 1.29 is 9.72 Å². The van der Waals surface area contributed by atoms with Gasteiger partial charge in [-0.05, 0) is 30.4 Å². The van der Waals surface area contributed by atoms with Crippen LogP contribution in [0.2, 0.25) is 5.02 Å². The van der Waals surface area contributed by atoms with E-state index in [2.05, 4.69) is 21.2 Å². The molecular formula is C14H16BrClN2O3. The lowest BCUT2D eigenvalue weighted by Gasteiger charge is -2.26. The number of nitro groups is 1. The molecule has 1 aliphatic rings. The highest BCUT2D eigenvalue weighted by Crippen LogP contribution is 2.39. The molecule has 0 aromatic heterocycles. The first kappa shape index (κ1) is 16.2. The minimum atomic E-state index is -0.568. The summed E-state index contributed by atoms with van der Waals surface area (Å²) in [5.74, 6) is -0.448. The molecule has 1 fully saturated rings. The van der Waals surface area contributed by atoms with E-state index in [-0.39, 0.29) is 16.7 Å². The number of carbonyl (C=O) groups is 1. The van der Waals surface area contributed by atoms with Gasteiger partial charge in [0.1, 0.15) is 5.56 Å². The topological polar surface area (TPSA) is 72.2 Å². The molecule has 0 saturated heterocycles. The van der Waals surface area contributed by atoms with Gasteiger partial charge in [-0.1, -0.05) is 40.4 Å². The van der Waals surface area contributed by atoms with Gasteiger partial charge >= 0.3 is 0 Å². The van der Waals surface area contributed by atoms with Gasteiger partial charge in [-0.3, -0.25) is 14.9 Å². The van der Waals surface area contributed by atoms with Crippen molar-refractivity contribution in [1.29, 1.82) is 0 Å². The molecule has 1 N–H and O–H groups in total. The second-order valence-electron chi connectivity index (χ2n) is 5.44. The van der Waals surface area contributed by atoms with Gasteiger partial charge in [-0.15, -0.1) is 0 Å². The van der Waals surface area contributed by atoms with Gasteiger partial charge < -0.3 is 5.32 Å². The van der Waals surface area contributed by atoms with Crippen LogP contribution in [0.3, 0.4) is 0 Å². The van der Waals surface area contributed by atoms with Crippen LogP contribution in [0.1, 0.15) is 36.0 Å². The van der Waals surface area contributed by atoms with Crippen molar-refractivity contribution in [2.75, 3.05) is 11.9 Å². The number of nitrogens with one attached hydrogen (secondary N) is 1. The molecule has 0 heterocycles. The summed E-state index contributed by atoms with van der Waals surface area (Å²) in [5.41, 5.74) is -0.158. The molecule has 1 amide bonds. The highest BCUT2D eigenvalue weighted by molar-refractivity contribution is 9.09. The van der Waals surface area contributed by atoms with Crippen LogP contribution in [-0.2, 0) is 0 Å². The third kappa shape index (κ3) is 3.74. The molecule has 21 heavy (non-hydrogen) atoms. The Morgan fingerprint density at radius 3 is 2.67 bits per heavy atom. The molecule has 0 unspecified atom stereocenters. The van der Waals surface area contributed by atoms with Crippen LogP contribution in [0.25, 0.3) is 0 Å². The van der Waals surface area contributed by atoms with E-state index >= 15 is 0 Å².